The zero-order valence-electron chi connectivity index (χ0n) is 12.5. The van der Waals surface area contributed by atoms with Crippen LogP contribution >= 0.6 is 12.4 Å². The molecular formula is C14H28ClN3O2. The third kappa shape index (κ3) is 5.56. The first-order valence-corrected chi connectivity index (χ1v) is 7.52. The number of halogens is 1. The third-order valence-corrected chi connectivity index (χ3v) is 4.14. The van der Waals surface area contributed by atoms with Crippen LogP contribution in [0.1, 0.15) is 25.7 Å². The van der Waals surface area contributed by atoms with Gasteiger partial charge in [-0.15, -0.1) is 12.4 Å². The molecule has 2 heterocycles. The van der Waals surface area contributed by atoms with E-state index >= 15 is 0 Å². The van der Waals surface area contributed by atoms with E-state index in [0.717, 1.165) is 58.7 Å². The first-order chi connectivity index (χ1) is 9.29. The Hall–Kier alpha value is -0.360. The fourth-order valence-corrected chi connectivity index (χ4v) is 2.94. The van der Waals surface area contributed by atoms with Crippen LogP contribution < -0.4 is 5.32 Å². The van der Waals surface area contributed by atoms with Gasteiger partial charge in [0.25, 0.3) is 0 Å². The monoisotopic (exact) mass is 305 g/mol. The summed E-state index contributed by atoms with van der Waals surface area (Å²) >= 11 is 0. The second-order valence-corrected chi connectivity index (χ2v) is 5.57. The molecule has 1 unspecified atom stereocenters. The Bertz CT molecular complexity index is 286. The van der Waals surface area contributed by atoms with Gasteiger partial charge in [0, 0.05) is 45.8 Å². The molecule has 0 bridgehead atoms. The van der Waals surface area contributed by atoms with Gasteiger partial charge in [0.15, 0.2) is 0 Å². The summed E-state index contributed by atoms with van der Waals surface area (Å²) in [5.74, 6) is 0.327. The minimum absolute atomic E-state index is 0. The summed E-state index contributed by atoms with van der Waals surface area (Å²) in [5.41, 5.74) is 0. The summed E-state index contributed by atoms with van der Waals surface area (Å²) in [6.07, 6.45) is 4.12. The number of nitrogens with one attached hydrogen (secondary N) is 1. The molecule has 0 aromatic heterocycles. The first-order valence-electron chi connectivity index (χ1n) is 7.52. The number of rotatable bonds is 5. The lowest BCUT2D eigenvalue weighted by atomic mass is 10.1. The zero-order valence-corrected chi connectivity index (χ0v) is 13.3. The van der Waals surface area contributed by atoms with Gasteiger partial charge in [-0.25, -0.2) is 0 Å². The van der Waals surface area contributed by atoms with E-state index in [1.807, 2.05) is 4.90 Å². The van der Waals surface area contributed by atoms with Crippen molar-refractivity contribution in [3.8, 4) is 0 Å². The van der Waals surface area contributed by atoms with Crippen molar-refractivity contribution >= 4 is 18.3 Å². The number of ether oxygens (including phenoxy) is 1. The van der Waals surface area contributed by atoms with Crippen molar-refractivity contribution in [3.05, 3.63) is 0 Å². The minimum Gasteiger partial charge on any atom is -0.383 e. The number of amides is 1. The normalized spacial score (nSPS) is 24.2. The molecule has 0 aliphatic carbocycles. The highest BCUT2D eigenvalue weighted by molar-refractivity contribution is 5.85. The summed E-state index contributed by atoms with van der Waals surface area (Å²) in [7, 11) is 1.74. The predicted molar refractivity (Wildman–Crippen MR) is 82.4 cm³/mol. The maximum atomic E-state index is 12.3. The average Bonchev–Trinajstić information content (AvgIpc) is 2.80. The van der Waals surface area contributed by atoms with Gasteiger partial charge < -0.3 is 15.0 Å². The maximum Gasteiger partial charge on any atom is 0.224 e. The topological polar surface area (TPSA) is 44.8 Å². The molecule has 0 saturated carbocycles. The van der Waals surface area contributed by atoms with Gasteiger partial charge in [-0.1, -0.05) is 0 Å². The van der Waals surface area contributed by atoms with Crippen LogP contribution in [0, 0.1) is 0 Å². The van der Waals surface area contributed by atoms with Crippen molar-refractivity contribution in [1.82, 2.24) is 15.1 Å². The fraction of sp³-hybridized carbons (Fsp3) is 0.929. The highest BCUT2D eigenvalue weighted by Gasteiger charge is 2.23. The maximum absolute atomic E-state index is 12.3. The molecule has 6 heteroatoms. The molecule has 0 radical (unpaired) electrons. The van der Waals surface area contributed by atoms with Gasteiger partial charge in [-0.3, -0.25) is 9.69 Å². The van der Waals surface area contributed by atoms with E-state index in [4.69, 9.17) is 4.74 Å². The van der Waals surface area contributed by atoms with E-state index < -0.39 is 0 Å². The van der Waals surface area contributed by atoms with Crippen molar-refractivity contribution in [2.45, 2.75) is 31.7 Å². The molecule has 0 aromatic carbocycles. The van der Waals surface area contributed by atoms with Crippen LogP contribution in [0.25, 0.3) is 0 Å². The molecule has 0 spiro atoms. The Kier molecular flexibility index (Phi) is 8.45. The SMILES string of the molecule is COCCN1CCCN(C(=O)CC2CCCN2)CC1.Cl. The minimum atomic E-state index is 0. The number of hydrogen-bond donors (Lipinski definition) is 1. The van der Waals surface area contributed by atoms with E-state index in [0.29, 0.717) is 18.4 Å². The summed E-state index contributed by atoms with van der Waals surface area (Å²) in [6.45, 7) is 6.66. The van der Waals surface area contributed by atoms with Gasteiger partial charge in [0.05, 0.1) is 6.61 Å². The molecule has 118 valence electrons. The molecule has 5 nitrogen and oxygen atoms in total. The lowest BCUT2D eigenvalue weighted by Crippen LogP contribution is -2.38. The van der Waals surface area contributed by atoms with Crippen molar-refractivity contribution in [3.63, 3.8) is 0 Å². The summed E-state index contributed by atoms with van der Waals surface area (Å²) in [5, 5.41) is 3.40. The Morgan fingerprint density at radius 1 is 1.25 bits per heavy atom. The van der Waals surface area contributed by atoms with E-state index in [9.17, 15) is 4.79 Å². The van der Waals surface area contributed by atoms with Crippen LogP contribution in [0.3, 0.4) is 0 Å². The molecule has 2 rings (SSSR count). The largest absolute Gasteiger partial charge is 0.383 e. The molecule has 1 amide bonds. The molecule has 2 aliphatic rings. The van der Waals surface area contributed by atoms with E-state index in [1.165, 1.54) is 6.42 Å². The van der Waals surface area contributed by atoms with Crippen LogP contribution in [0.2, 0.25) is 0 Å². The number of nitrogens with zero attached hydrogens (tertiary/aromatic N) is 2. The van der Waals surface area contributed by atoms with Gasteiger partial charge >= 0.3 is 0 Å². The molecule has 2 fully saturated rings. The van der Waals surface area contributed by atoms with Crippen LogP contribution in [0.4, 0.5) is 0 Å². The standard InChI is InChI=1S/C14H27N3O2.ClH/c1-19-11-10-16-6-3-7-17(9-8-16)14(18)12-13-4-2-5-15-13;/h13,15H,2-12H2,1H3;1H. The van der Waals surface area contributed by atoms with Crippen LogP contribution in [0.5, 0.6) is 0 Å². The zero-order chi connectivity index (χ0) is 13.5. The second kappa shape index (κ2) is 9.55. The molecule has 2 saturated heterocycles. The molecule has 20 heavy (non-hydrogen) atoms. The fourth-order valence-electron chi connectivity index (χ4n) is 2.94. The highest BCUT2D eigenvalue weighted by atomic mass is 35.5. The Balaban J connectivity index is 0.00000200. The van der Waals surface area contributed by atoms with Gasteiger partial charge in [0.2, 0.25) is 5.91 Å². The van der Waals surface area contributed by atoms with Crippen molar-refractivity contribution in [2.24, 2.45) is 0 Å². The molecule has 1 N–H and O–H groups in total. The van der Waals surface area contributed by atoms with Gasteiger partial charge in [0.1, 0.15) is 0 Å². The Morgan fingerprint density at radius 2 is 2.10 bits per heavy atom. The molecule has 0 aromatic rings. The van der Waals surface area contributed by atoms with E-state index in [2.05, 4.69) is 10.2 Å². The van der Waals surface area contributed by atoms with E-state index in [1.54, 1.807) is 7.11 Å². The Morgan fingerprint density at radius 3 is 2.80 bits per heavy atom. The number of carbonyl (C=O) groups is 1. The van der Waals surface area contributed by atoms with Crippen LogP contribution in [-0.4, -0.2) is 74.7 Å². The molecular weight excluding hydrogens is 278 g/mol. The molecule has 1 atom stereocenters. The second-order valence-electron chi connectivity index (χ2n) is 5.57. The summed E-state index contributed by atoms with van der Waals surface area (Å²) in [4.78, 5) is 16.7. The van der Waals surface area contributed by atoms with Crippen LogP contribution in [0.15, 0.2) is 0 Å². The Labute approximate surface area is 128 Å². The number of carbonyl (C=O) groups excluding carboxylic acids is 1. The van der Waals surface area contributed by atoms with Crippen molar-refractivity contribution < 1.29 is 9.53 Å². The average molecular weight is 306 g/mol. The molecule has 2 aliphatic heterocycles. The van der Waals surface area contributed by atoms with Gasteiger partial charge in [-0.05, 0) is 32.4 Å². The predicted octanol–water partition coefficient (Wildman–Crippen LogP) is 0.731. The highest BCUT2D eigenvalue weighted by Crippen LogP contribution is 2.12. The van der Waals surface area contributed by atoms with Gasteiger partial charge in [-0.2, -0.15) is 0 Å². The number of hydrogen-bond acceptors (Lipinski definition) is 4. The third-order valence-electron chi connectivity index (χ3n) is 4.14. The van der Waals surface area contributed by atoms with Crippen LogP contribution in [-0.2, 0) is 9.53 Å². The summed E-state index contributed by atoms with van der Waals surface area (Å²) in [6, 6.07) is 0.417. The smallest absolute Gasteiger partial charge is 0.224 e. The summed E-state index contributed by atoms with van der Waals surface area (Å²) < 4.78 is 5.12. The lowest BCUT2D eigenvalue weighted by molar-refractivity contribution is -0.131. The van der Waals surface area contributed by atoms with E-state index in [-0.39, 0.29) is 12.4 Å². The van der Waals surface area contributed by atoms with Crippen molar-refractivity contribution in [1.29, 1.82) is 0 Å². The first kappa shape index (κ1) is 17.7. The van der Waals surface area contributed by atoms with Crippen molar-refractivity contribution in [2.75, 3.05) is 53.0 Å². The lowest BCUT2D eigenvalue weighted by Gasteiger charge is -2.23. The quantitative estimate of drug-likeness (QED) is 0.813. The number of methoxy groups -OCH3 is 1.